The van der Waals surface area contributed by atoms with Crippen molar-refractivity contribution >= 4 is 11.6 Å². The fourth-order valence-electron chi connectivity index (χ4n) is 1.96. The van der Waals surface area contributed by atoms with Crippen molar-refractivity contribution in [2.75, 3.05) is 5.32 Å². The lowest BCUT2D eigenvalue weighted by Gasteiger charge is -2.08. The topological polar surface area (TPSA) is 55.1 Å². The molecule has 0 unspecified atom stereocenters. The Morgan fingerprint density at radius 1 is 1.16 bits per heavy atom. The summed E-state index contributed by atoms with van der Waals surface area (Å²) < 4.78 is 1.71. The van der Waals surface area contributed by atoms with E-state index in [1.807, 2.05) is 13.0 Å². The van der Waals surface area contributed by atoms with Crippen LogP contribution >= 0.6 is 0 Å². The predicted octanol–water partition coefficient (Wildman–Crippen LogP) is 2.35. The van der Waals surface area contributed by atoms with E-state index in [9.17, 15) is 0 Å². The maximum atomic E-state index is 4.31. The minimum atomic E-state index is 0.617. The van der Waals surface area contributed by atoms with Crippen LogP contribution in [0.1, 0.15) is 16.8 Å². The summed E-state index contributed by atoms with van der Waals surface area (Å²) in [5.41, 5.74) is 3.42. The van der Waals surface area contributed by atoms with Gasteiger partial charge in [-0.2, -0.15) is 14.6 Å². The molecule has 5 heteroatoms. The number of nitrogens with one attached hydrogen (secondary N) is 1. The van der Waals surface area contributed by atoms with Crippen molar-refractivity contribution in [3.8, 4) is 0 Å². The second-order valence-electron chi connectivity index (χ2n) is 4.59. The van der Waals surface area contributed by atoms with E-state index in [1.54, 1.807) is 4.52 Å². The van der Waals surface area contributed by atoms with Gasteiger partial charge in [0.05, 0.1) is 0 Å². The SMILES string of the molecule is Cc1ccc(CNc2cc(C)nc3ncnn23)cc1. The van der Waals surface area contributed by atoms with Crippen LogP contribution in [0, 0.1) is 13.8 Å². The fraction of sp³-hybridized carbons (Fsp3) is 0.214. The molecule has 0 aliphatic heterocycles. The molecule has 19 heavy (non-hydrogen) atoms. The second kappa shape index (κ2) is 4.68. The maximum Gasteiger partial charge on any atom is 0.254 e. The van der Waals surface area contributed by atoms with Gasteiger partial charge in [-0.25, -0.2) is 4.98 Å². The number of rotatable bonds is 3. The van der Waals surface area contributed by atoms with Gasteiger partial charge in [0.25, 0.3) is 5.78 Å². The molecule has 3 rings (SSSR count). The van der Waals surface area contributed by atoms with E-state index >= 15 is 0 Å². The fourth-order valence-corrected chi connectivity index (χ4v) is 1.96. The highest BCUT2D eigenvalue weighted by molar-refractivity contribution is 5.45. The number of aryl methyl sites for hydroxylation is 2. The van der Waals surface area contributed by atoms with Crippen LogP contribution in [0.4, 0.5) is 5.82 Å². The number of aromatic nitrogens is 4. The highest BCUT2D eigenvalue weighted by Gasteiger charge is 2.04. The van der Waals surface area contributed by atoms with Crippen LogP contribution in [0.15, 0.2) is 36.7 Å². The quantitative estimate of drug-likeness (QED) is 0.778. The standard InChI is InChI=1S/C14H15N5/c1-10-3-5-12(6-4-10)8-15-13-7-11(2)18-14-16-9-17-19(13)14/h3-7,9,15H,8H2,1-2H3. The lowest BCUT2D eigenvalue weighted by atomic mass is 10.1. The molecule has 2 heterocycles. The van der Waals surface area contributed by atoms with Gasteiger partial charge in [0, 0.05) is 18.3 Å². The van der Waals surface area contributed by atoms with Gasteiger partial charge in [-0.3, -0.25) is 0 Å². The molecule has 1 N–H and O–H groups in total. The van der Waals surface area contributed by atoms with Gasteiger partial charge in [0.2, 0.25) is 0 Å². The van der Waals surface area contributed by atoms with Crippen molar-refractivity contribution in [3.63, 3.8) is 0 Å². The number of anilines is 1. The van der Waals surface area contributed by atoms with Gasteiger partial charge in [-0.05, 0) is 19.4 Å². The second-order valence-corrected chi connectivity index (χ2v) is 4.59. The largest absolute Gasteiger partial charge is 0.366 e. The van der Waals surface area contributed by atoms with E-state index in [1.165, 1.54) is 17.5 Å². The lowest BCUT2D eigenvalue weighted by molar-refractivity contribution is 0.916. The van der Waals surface area contributed by atoms with Crippen LogP contribution in [0.3, 0.4) is 0 Å². The Hall–Kier alpha value is -2.43. The molecule has 0 aliphatic carbocycles. The van der Waals surface area contributed by atoms with Crippen molar-refractivity contribution in [2.24, 2.45) is 0 Å². The van der Waals surface area contributed by atoms with E-state index in [0.29, 0.717) is 5.78 Å². The molecular formula is C14H15N5. The van der Waals surface area contributed by atoms with Crippen LogP contribution < -0.4 is 5.32 Å². The van der Waals surface area contributed by atoms with E-state index in [4.69, 9.17) is 0 Å². The Morgan fingerprint density at radius 3 is 2.74 bits per heavy atom. The molecule has 0 bridgehead atoms. The molecule has 0 amide bonds. The molecule has 2 aromatic heterocycles. The number of nitrogens with zero attached hydrogens (tertiary/aromatic N) is 4. The van der Waals surface area contributed by atoms with Crippen molar-refractivity contribution in [2.45, 2.75) is 20.4 Å². The van der Waals surface area contributed by atoms with Gasteiger partial charge >= 0.3 is 0 Å². The number of hydrogen-bond donors (Lipinski definition) is 1. The molecule has 1 aromatic carbocycles. The Balaban J connectivity index is 1.85. The number of benzene rings is 1. The van der Waals surface area contributed by atoms with Gasteiger partial charge < -0.3 is 5.32 Å². The summed E-state index contributed by atoms with van der Waals surface area (Å²) in [7, 11) is 0. The third-order valence-corrected chi connectivity index (χ3v) is 2.97. The van der Waals surface area contributed by atoms with Crippen LogP contribution in [0.5, 0.6) is 0 Å². The highest BCUT2D eigenvalue weighted by atomic mass is 15.3. The predicted molar refractivity (Wildman–Crippen MR) is 74.0 cm³/mol. The van der Waals surface area contributed by atoms with E-state index < -0.39 is 0 Å². The van der Waals surface area contributed by atoms with E-state index in [-0.39, 0.29) is 0 Å². The molecule has 0 spiro atoms. The van der Waals surface area contributed by atoms with Gasteiger partial charge in [-0.15, -0.1) is 0 Å². The first-order valence-electron chi connectivity index (χ1n) is 6.19. The molecule has 5 nitrogen and oxygen atoms in total. The van der Waals surface area contributed by atoms with Crippen LogP contribution in [0.2, 0.25) is 0 Å². The van der Waals surface area contributed by atoms with Crippen molar-refractivity contribution in [1.29, 1.82) is 0 Å². The Kier molecular flexibility index (Phi) is 2.87. The first kappa shape index (κ1) is 11.6. The average molecular weight is 253 g/mol. The molecule has 96 valence electrons. The minimum absolute atomic E-state index is 0.617. The van der Waals surface area contributed by atoms with E-state index in [0.717, 1.165) is 18.1 Å². The summed E-state index contributed by atoms with van der Waals surface area (Å²) in [5.74, 6) is 1.52. The van der Waals surface area contributed by atoms with Crippen LogP contribution in [-0.2, 0) is 6.54 Å². The Morgan fingerprint density at radius 2 is 1.95 bits per heavy atom. The summed E-state index contributed by atoms with van der Waals surface area (Å²) >= 11 is 0. The first-order valence-corrected chi connectivity index (χ1v) is 6.19. The van der Waals surface area contributed by atoms with Gasteiger partial charge in [0.15, 0.2) is 0 Å². The molecule has 0 radical (unpaired) electrons. The molecular weight excluding hydrogens is 238 g/mol. The van der Waals surface area contributed by atoms with Crippen LogP contribution in [0.25, 0.3) is 5.78 Å². The monoisotopic (exact) mass is 253 g/mol. The molecule has 0 aliphatic rings. The Bertz CT molecular complexity index is 699. The zero-order chi connectivity index (χ0) is 13.2. The lowest BCUT2D eigenvalue weighted by Crippen LogP contribution is -2.06. The molecule has 0 fully saturated rings. The first-order chi connectivity index (χ1) is 9.22. The van der Waals surface area contributed by atoms with Crippen molar-refractivity contribution < 1.29 is 0 Å². The third kappa shape index (κ3) is 2.40. The maximum absolute atomic E-state index is 4.31. The summed E-state index contributed by atoms with van der Waals surface area (Å²) in [6.45, 7) is 4.78. The van der Waals surface area contributed by atoms with Gasteiger partial charge in [0.1, 0.15) is 12.1 Å². The molecule has 0 atom stereocenters. The van der Waals surface area contributed by atoms with Gasteiger partial charge in [-0.1, -0.05) is 29.8 Å². The summed E-state index contributed by atoms with van der Waals surface area (Å²) in [6, 6.07) is 10.4. The normalized spacial score (nSPS) is 10.8. The number of hydrogen-bond acceptors (Lipinski definition) is 4. The molecule has 0 saturated carbocycles. The summed E-state index contributed by atoms with van der Waals surface area (Å²) in [4.78, 5) is 8.42. The minimum Gasteiger partial charge on any atom is -0.366 e. The van der Waals surface area contributed by atoms with E-state index in [2.05, 4.69) is 51.6 Å². The van der Waals surface area contributed by atoms with Crippen molar-refractivity contribution in [1.82, 2.24) is 19.6 Å². The smallest absolute Gasteiger partial charge is 0.254 e. The zero-order valence-electron chi connectivity index (χ0n) is 11.0. The molecule has 3 aromatic rings. The zero-order valence-corrected chi connectivity index (χ0v) is 11.0. The summed E-state index contributed by atoms with van der Waals surface area (Å²) in [6.07, 6.45) is 1.51. The summed E-state index contributed by atoms with van der Waals surface area (Å²) in [5, 5.41) is 7.54. The van der Waals surface area contributed by atoms with Crippen LogP contribution in [-0.4, -0.2) is 19.6 Å². The van der Waals surface area contributed by atoms with Crippen molar-refractivity contribution in [3.05, 3.63) is 53.5 Å². The average Bonchev–Trinajstić information content (AvgIpc) is 2.85. The number of fused-ring (bicyclic) bond motifs is 1. The molecule has 0 saturated heterocycles. The third-order valence-electron chi connectivity index (χ3n) is 2.97. The Labute approximate surface area is 111 Å². The highest BCUT2D eigenvalue weighted by Crippen LogP contribution is 2.12.